The third-order valence-corrected chi connectivity index (χ3v) is 5.51. The van der Waals surface area contributed by atoms with Crippen molar-refractivity contribution in [3.05, 3.63) is 78.4 Å². The Bertz CT molecular complexity index is 914. The van der Waals surface area contributed by atoms with E-state index in [0.717, 1.165) is 18.5 Å². The number of hydroxylamine groups is 2. The number of rotatable bonds is 6. The van der Waals surface area contributed by atoms with E-state index in [2.05, 4.69) is 33.8 Å². The highest BCUT2D eigenvalue weighted by atomic mass is 16.7. The van der Waals surface area contributed by atoms with Gasteiger partial charge in [-0.25, -0.2) is 4.98 Å². The SMILES string of the molecule is COc1ccc([C@@H]2C[C@@](Cn3ccnc3)(c3ccccc3)N(C)O2)cc1OC. The third-order valence-electron chi connectivity index (χ3n) is 5.51. The lowest BCUT2D eigenvalue weighted by atomic mass is 9.83. The van der Waals surface area contributed by atoms with Gasteiger partial charge in [0.1, 0.15) is 6.10 Å². The van der Waals surface area contributed by atoms with Crippen LogP contribution < -0.4 is 9.47 Å². The van der Waals surface area contributed by atoms with Crippen molar-refractivity contribution in [2.75, 3.05) is 21.3 Å². The summed E-state index contributed by atoms with van der Waals surface area (Å²) < 4.78 is 12.9. The number of benzene rings is 2. The predicted molar refractivity (Wildman–Crippen MR) is 106 cm³/mol. The molecule has 2 atom stereocenters. The highest BCUT2D eigenvalue weighted by Crippen LogP contribution is 2.47. The fourth-order valence-corrected chi connectivity index (χ4v) is 3.98. The third kappa shape index (κ3) is 3.25. The summed E-state index contributed by atoms with van der Waals surface area (Å²) in [4.78, 5) is 10.5. The van der Waals surface area contributed by atoms with Gasteiger partial charge in [0.25, 0.3) is 0 Å². The van der Waals surface area contributed by atoms with Crippen LogP contribution in [0.1, 0.15) is 23.7 Å². The highest BCUT2D eigenvalue weighted by Gasteiger charge is 2.47. The molecule has 0 bridgehead atoms. The molecule has 28 heavy (non-hydrogen) atoms. The van der Waals surface area contributed by atoms with Gasteiger partial charge in [-0.05, 0) is 23.3 Å². The fourth-order valence-electron chi connectivity index (χ4n) is 3.98. The lowest BCUT2D eigenvalue weighted by Crippen LogP contribution is -2.41. The number of likely N-dealkylation sites (N-methyl/N-ethyl adjacent to an activating group) is 1. The van der Waals surface area contributed by atoms with E-state index >= 15 is 0 Å². The second-order valence-corrected chi connectivity index (χ2v) is 7.04. The van der Waals surface area contributed by atoms with E-state index in [1.807, 2.05) is 48.9 Å². The number of ether oxygens (including phenoxy) is 2. The molecule has 4 rings (SSSR count). The molecule has 1 saturated heterocycles. The molecule has 0 aliphatic carbocycles. The monoisotopic (exact) mass is 379 g/mol. The van der Waals surface area contributed by atoms with Crippen molar-refractivity contribution in [2.24, 2.45) is 0 Å². The van der Waals surface area contributed by atoms with Crippen molar-refractivity contribution in [1.29, 1.82) is 0 Å². The summed E-state index contributed by atoms with van der Waals surface area (Å²) in [6.07, 6.45) is 6.36. The van der Waals surface area contributed by atoms with Gasteiger partial charge in [-0.1, -0.05) is 36.4 Å². The van der Waals surface area contributed by atoms with Gasteiger partial charge in [-0.3, -0.25) is 4.84 Å². The van der Waals surface area contributed by atoms with Crippen LogP contribution in [-0.2, 0) is 16.9 Å². The van der Waals surface area contributed by atoms with Crippen molar-refractivity contribution < 1.29 is 14.3 Å². The van der Waals surface area contributed by atoms with Gasteiger partial charge in [0.05, 0.1) is 26.1 Å². The Morgan fingerprint density at radius 1 is 1.11 bits per heavy atom. The molecular formula is C22H25N3O3. The molecule has 1 aliphatic rings. The molecule has 2 heterocycles. The van der Waals surface area contributed by atoms with E-state index in [1.54, 1.807) is 20.4 Å². The average molecular weight is 379 g/mol. The topological polar surface area (TPSA) is 48.8 Å². The molecule has 6 nitrogen and oxygen atoms in total. The van der Waals surface area contributed by atoms with Crippen LogP contribution in [0.4, 0.5) is 0 Å². The zero-order valence-corrected chi connectivity index (χ0v) is 16.4. The molecule has 6 heteroatoms. The summed E-state index contributed by atoms with van der Waals surface area (Å²) in [6, 6.07) is 16.5. The normalized spacial score (nSPS) is 22.3. The smallest absolute Gasteiger partial charge is 0.161 e. The molecule has 2 aromatic carbocycles. The first kappa shape index (κ1) is 18.5. The van der Waals surface area contributed by atoms with E-state index < -0.39 is 0 Å². The number of imidazole rings is 1. The Morgan fingerprint density at radius 3 is 2.57 bits per heavy atom. The first-order valence-corrected chi connectivity index (χ1v) is 9.30. The second-order valence-electron chi connectivity index (χ2n) is 7.04. The Morgan fingerprint density at radius 2 is 1.89 bits per heavy atom. The van der Waals surface area contributed by atoms with Crippen LogP contribution in [0.5, 0.6) is 11.5 Å². The number of nitrogens with zero attached hydrogens (tertiary/aromatic N) is 3. The minimum Gasteiger partial charge on any atom is -0.493 e. The zero-order valence-electron chi connectivity index (χ0n) is 16.4. The van der Waals surface area contributed by atoms with Crippen LogP contribution in [0.15, 0.2) is 67.3 Å². The summed E-state index contributed by atoms with van der Waals surface area (Å²) in [5.74, 6) is 1.42. The standard InChI is InChI=1S/C22H25N3O3/c1-24-22(15-25-12-11-23-16-25,18-7-5-4-6-8-18)14-21(28-24)17-9-10-19(26-2)20(13-17)27-3/h4-13,16,21H,14-15H2,1-3H3/t21-,22+/m0/s1. The largest absolute Gasteiger partial charge is 0.493 e. The molecule has 1 aromatic heterocycles. The van der Waals surface area contributed by atoms with Gasteiger partial charge in [0, 0.05) is 32.4 Å². The summed E-state index contributed by atoms with van der Waals surface area (Å²) in [7, 11) is 5.30. The molecule has 0 unspecified atom stereocenters. The van der Waals surface area contributed by atoms with Gasteiger partial charge in [-0.15, -0.1) is 0 Å². The maximum atomic E-state index is 6.34. The molecule has 3 aromatic rings. The molecule has 0 radical (unpaired) electrons. The van der Waals surface area contributed by atoms with Crippen molar-refractivity contribution in [1.82, 2.24) is 14.6 Å². The molecule has 1 aliphatic heterocycles. The average Bonchev–Trinajstić information content (AvgIpc) is 3.37. The molecule has 0 saturated carbocycles. The van der Waals surface area contributed by atoms with Gasteiger partial charge in [0.15, 0.2) is 11.5 Å². The van der Waals surface area contributed by atoms with E-state index in [4.69, 9.17) is 14.3 Å². The van der Waals surface area contributed by atoms with Gasteiger partial charge in [-0.2, -0.15) is 5.06 Å². The fraction of sp³-hybridized carbons (Fsp3) is 0.318. The lowest BCUT2D eigenvalue weighted by Gasteiger charge is -2.34. The van der Waals surface area contributed by atoms with E-state index in [9.17, 15) is 0 Å². The molecule has 0 spiro atoms. The second kappa shape index (κ2) is 7.66. The molecule has 1 fully saturated rings. The molecular weight excluding hydrogens is 354 g/mol. The van der Waals surface area contributed by atoms with Gasteiger partial charge < -0.3 is 14.0 Å². The van der Waals surface area contributed by atoms with Crippen molar-refractivity contribution in [3.63, 3.8) is 0 Å². The summed E-state index contributed by atoms with van der Waals surface area (Å²) in [5.41, 5.74) is 1.97. The number of methoxy groups -OCH3 is 2. The number of hydrogen-bond donors (Lipinski definition) is 0. The summed E-state index contributed by atoms with van der Waals surface area (Å²) in [6.45, 7) is 0.747. The Hall–Kier alpha value is -2.83. The Kier molecular flexibility index (Phi) is 5.07. The van der Waals surface area contributed by atoms with Crippen LogP contribution in [0.3, 0.4) is 0 Å². The van der Waals surface area contributed by atoms with Crippen molar-refractivity contribution in [2.45, 2.75) is 24.6 Å². The van der Waals surface area contributed by atoms with Crippen molar-refractivity contribution >= 4 is 0 Å². The highest BCUT2D eigenvalue weighted by molar-refractivity contribution is 5.44. The lowest BCUT2D eigenvalue weighted by molar-refractivity contribution is -0.176. The maximum absolute atomic E-state index is 6.34. The molecule has 146 valence electrons. The van der Waals surface area contributed by atoms with E-state index in [1.165, 1.54) is 5.56 Å². The van der Waals surface area contributed by atoms with Crippen LogP contribution >= 0.6 is 0 Å². The van der Waals surface area contributed by atoms with Gasteiger partial charge >= 0.3 is 0 Å². The van der Waals surface area contributed by atoms with Crippen LogP contribution in [-0.4, -0.2) is 35.9 Å². The Balaban J connectivity index is 1.71. The molecule has 0 amide bonds. The first-order valence-electron chi connectivity index (χ1n) is 9.30. The minimum atomic E-state index is -0.306. The number of hydrogen-bond acceptors (Lipinski definition) is 5. The zero-order chi connectivity index (χ0) is 19.6. The minimum absolute atomic E-state index is 0.0893. The quantitative estimate of drug-likeness (QED) is 0.652. The Labute approximate surface area is 165 Å². The predicted octanol–water partition coefficient (Wildman–Crippen LogP) is 3.80. The van der Waals surface area contributed by atoms with Gasteiger partial charge in [0.2, 0.25) is 0 Å². The summed E-state index contributed by atoms with van der Waals surface area (Å²) in [5, 5.41) is 1.99. The van der Waals surface area contributed by atoms with Crippen LogP contribution in [0, 0.1) is 0 Å². The number of aromatic nitrogens is 2. The van der Waals surface area contributed by atoms with E-state index in [0.29, 0.717) is 11.5 Å². The maximum Gasteiger partial charge on any atom is 0.161 e. The first-order chi connectivity index (χ1) is 13.7. The molecule has 0 N–H and O–H groups in total. The summed E-state index contributed by atoms with van der Waals surface area (Å²) >= 11 is 0. The van der Waals surface area contributed by atoms with E-state index in [-0.39, 0.29) is 11.6 Å². The van der Waals surface area contributed by atoms with Crippen LogP contribution in [0.2, 0.25) is 0 Å². The van der Waals surface area contributed by atoms with Crippen molar-refractivity contribution in [3.8, 4) is 11.5 Å². The van der Waals surface area contributed by atoms with Crippen LogP contribution in [0.25, 0.3) is 0 Å².